The summed E-state index contributed by atoms with van der Waals surface area (Å²) in [7, 11) is 0. The van der Waals surface area contributed by atoms with E-state index in [-0.39, 0.29) is 36.0 Å². The molecule has 1 aromatic carbocycles. The Morgan fingerprint density at radius 2 is 1.00 bits per heavy atom. The van der Waals surface area contributed by atoms with Crippen LogP contribution in [-0.4, -0.2) is 12.9 Å². The van der Waals surface area contributed by atoms with Crippen molar-refractivity contribution in [1.29, 1.82) is 0 Å². The standard InChI is InChI=1S/C6H6.CH3NO.CH2O2.Na/c1-2-4-6-5-3-1;2*2-1-3;/h1-6H;1H,(H2,2,3);1H,(H,2,3);/q;;;+1/p-1. The normalized spacial score (nSPS) is 5.54. The number of primary amides is 1. The van der Waals surface area contributed by atoms with Crippen LogP contribution in [0, 0.1) is 0 Å². The molecule has 5 heteroatoms. The molecular weight excluding hydrogens is 181 g/mol. The second-order valence-corrected chi connectivity index (χ2v) is 1.39. The van der Waals surface area contributed by atoms with Crippen molar-refractivity contribution >= 4 is 12.9 Å². The zero-order valence-electron chi connectivity index (χ0n) is 7.42. The van der Waals surface area contributed by atoms with Crippen molar-refractivity contribution in [3.8, 4) is 0 Å². The largest absolute Gasteiger partial charge is 1.00 e. The molecule has 1 rings (SSSR count). The fourth-order valence-corrected chi connectivity index (χ4v) is 0.385. The molecule has 1 amide bonds. The fourth-order valence-electron chi connectivity index (χ4n) is 0.385. The number of carbonyl (C=O) groups excluding carboxylic acids is 2. The Labute approximate surface area is 99.0 Å². The molecule has 0 aliphatic carbocycles. The maximum atomic E-state index is 8.58. The molecule has 2 N–H and O–H groups in total. The summed E-state index contributed by atoms with van der Waals surface area (Å²) in [6.07, 6.45) is 0.250. The fraction of sp³-hybridized carbons (Fsp3) is 0. The third-order valence-electron chi connectivity index (χ3n) is 0.667. The van der Waals surface area contributed by atoms with Crippen LogP contribution in [0.1, 0.15) is 0 Å². The van der Waals surface area contributed by atoms with Gasteiger partial charge in [0.1, 0.15) is 0 Å². The van der Waals surface area contributed by atoms with Crippen molar-refractivity contribution in [2.75, 3.05) is 0 Å². The van der Waals surface area contributed by atoms with E-state index in [0.29, 0.717) is 0 Å². The monoisotopic (exact) mass is 191 g/mol. The molecule has 1 aromatic rings. The number of carbonyl (C=O) groups is 2. The first kappa shape index (κ1) is 18.0. The summed E-state index contributed by atoms with van der Waals surface area (Å²) in [6.45, 7) is -0.500. The van der Waals surface area contributed by atoms with E-state index in [2.05, 4.69) is 5.73 Å². The van der Waals surface area contributed by atoms with Crippen LogP contribution < -0.4 is 40.4 Å². The number of benzene rings is 1. The molecule has 0 aromatic heterocycles. The molecule has 13 heavy (non-hydrogen) atoms. The minimum Gasteiger partial charge on any atom is -0.554 e. The van der Waals surface area contributed by atoms with E-state index in [9.17, 15) is 0 Å². The van der Waals surface area contributed by atoms with Gasteiger partial charge >= 0.3 is 29.6 Å². The van der Waals surface area contributed by atoms with E-state index >= 15 is 0 Å². The van der Waals surface area contributed by atoms with Gasteiger partial charge in [0.2, 0.25) is 6.41 Å². The number of hydrogen-bond acceptors (Lipinski definition) is 3. The van der Waals surface area contributed by atoms with Gasteiger partial charge in [0.15, 0.2) is 0 Å². The van der Waals surface area contributed by atoms with Crippen LogP contribution in [0.3, 0.4) is 0 Å². The van der Waals surface area contributed by atoms with Crippen LogP contribution in [0.5, 0.6) is 0 Å². The van der Waals surface area contributed by atoms with Crippen molar-refractivity contribution in [3.63, 3.8) is 0 Å². The maximum Gasteiger partial charge on any atom is 1.00 e. The first-order valence-electron chi connectivity index (χ1n) is 3.04. The average Bonchev–Trinajstić information content (AvgIpc) is 2.10. The predicted octanol–water partition coefficient (Wildman–Crippen LogP) is -3.84. The summed E-state index contributed by atoms with van der Waals surface area (Å²) in [4.78, 5) is 16.8. The molecule has 0 spiro atoms. The van der Waals surface area contributed by atoms with Crippen molar-refractivity contribution < 1.29 is 44.3 Å². The van der Waals surface area contributed by atoms with Gasteiger partial charge in [0.05, 0.1) is 0 Å². The second kappa shape index (κ2) is 22.5. The Kier molecular flexibility index (Phi) is 31.2. The van der Waals surface area contributed by atoms with E-state index in [1.807, 2.05) is 36.4 Å². The molecule has 0 saturated carbocycles. The van der Waals surface area contributed by atoms with Gasteiger partial charge in [-0.05, 0) is 0 Å². The quantitative estimate of drug-likeness (QED) is 0.337. The first-order chi connectivity index (χ1) is 5.83. The summed E-state index contributed by atoms with van der Waals surface area (Å²) >= 11 is 0. The van der Waals surface area contributed by atoms with Crippen molar-refractivity contribution in [2.45, 2.75) is 0 Å². The number of rotatable bonds is 0. The van der Waals surface area contributed by atoms with Gasteiger partial charge in [-0.15, -0.1) is 0 Å². The molecule has 0 saturated heterocycles. The van der Waals surface area contributed by atoms with Crippen molar-refractivity contribution in [1.82, 2.24) is 0 Å². The van der Waals surface area contributed by atoms with Crippen molar-refractivity contribution in [2.24, 2.45) is 5.73 Å². The summed E-state index contributed by atoms with van der Waals surface area (Å²) in [5.41, 5.74) is 4.17. The Hall–Kier alpha value is -0.840. The minimum absolute atomic E-state index is 0. The molecule has 4 nitrogen and oxygen atoms in total. The molecule has 0 atom stereocenters. The molecule has 0 bridgehead atoms. The third kappa shape index (κ3) is 35.2. The molecule has 0 radical (unpaired) electrons. The summed E-state index contributed by atoms with van der Waals surface area (Å²) in [5.74, 6) is 0. The summed E-state index contributed by atoms with van der Waals surface area (Å²) < 4.78 is 0. The van der Waals surface area contributed by atoms with Crippen LogP contribution in [0.15, 0.2) is 36.4 Å². The third-order valence-corrected chi connectivity index (χ3v) is 0.667. The van der Waals surface area contributed by atoms with Crippen LogP contribution in [0.4, 0.5) is 0 Å². The number of nitrogens with two attached hydrogens (primary N) is 1. The Morgan fingerprint density at radius 3 is 1.08 bits per heavy atom. The van der Waals surface area contributed by atoms with Crippen LogP contribution in [-0.2, 0) is 9.59 Å². The zero-order valence-corrected chi connectivity index (χ0v) is 9.42. The van der Waals surface area contributed by atoms with E-state index in [0.717, 1.165) is 0 Å². The maximum absolute atomic E-state index is 8.58. The zero-order chi connectivity index (χ0) is 9.66. The first-order valence-corrected chi connectivity index (χ1v) is 3.04. The number of carboxylic acid groups (broad SMARTS) is 1. The van der Waals surface area contributed by atoms with Crippen LogP contribution >= 0.6 is 0 Å². The smallest absolute Gasteiger partial charge is 0.554 e. The van der Waals surface area contributed by atoms with E-state index in [1.54, 1.807) is 0 Å². The molecule has 66 valence electrons. The average molecular weight is 191 g/mol. The van der Waals surface area contributed by atoms with Gasteiger partial charge in [0, 0.05) is 6.47 Å². The molecule has 0 aliphatic heterocycles. The molecular formula is C8H10NNaO3. The van der Waals surface area contributed by atoms with Gasteiger partial charge in [-0.3, -0.25) is 4.79 Å². The van der Waals surface area contributed by atoms with Crippen LogP contribution in [0.25, 0.3) is 0 Å². The number of amides is 1. The van der Waals surface area contributed by atoms with Gasteiger partial charge in [-0.1, -0.05) is 36.4 Å². The second-order valence-electron chi connectivity index (χ2n) is 1.39. The molecule has 0 aliphatic rings. The topological polar surface area (TPSA) is 83.2 Å². The summed E-state index contributed by atoms with van der Waals surface area (Å²) in [6, 6.07) is 12.0. The Morgan fingerprint density at radius 1 is 0.923 bits per heavy atom. The number of hydrogen-bond donors (Lipinski definition) is 1. The van der Waals surface area contributed by atoms with Crippen molar-refractivity contribution in [3.05, 3.63) is 36.4 Å². The van der Waals surface area contributed by atoms with Crippen LogP contribution in [0.2, 0.25) is 0 Å². The molecule has 0 heterocycles. The SMILES string of the molecule is NC=O.O=C[O-].[Na+].c1ccccc1. The molecule has 0 fully saturated rings. The van der Waals surface area contributed by atoms with E-state index in [1.165, 1.54) is 0 Å². The van der Waals surface area contributed by atoms with E-state index < -0.39 is 6.47 Å². The van der Waals surface area contributed by atoms with Gasteiger partial charge in [-0.25, -0.2) is 0 Å². The Balaban J connectivity index is -0.000000126. The summed E-state index contributed by atoms with van der Waals surface area (Å²) in [5, 5.41) is 8.25. The van der Waals surface area contributed by atoms with Gasteiger partial charge < -0.3 is 15.6 Å². The molecule has 0 unspecified atom stereocenters. The minimum atomic E-state index is -0.500. The van der Waals surface area contributed by atoms with Gasteiger partial charge in [0.25, 0.3) is 0 Å². The van der Waals surface area contributed by atoms with E-state index in [4.69, 9.17) is 14.7 Å². The van der Waals surface area contributed by atoms with Gasteiger partial charge in [-0.2, -0.15) is 0 Å². The predicted molar refractivity (Wildman–Crippen MR) is 42.8 cm³/mol. The Bertz CT molecular complexity index is 149.